The predicted octanol–water partition coefficient (Wildman–Crippen LogP) is 3.15. The van der Waals surface area contributed by atoms with Gasteiger partial charge in [-0.25, -0.2) is 4.79 Å². The highest BCUT2D eigenvalue weighted by atomic mass is 32.1. The van der Waals surface area contributed by atoms with Gasteiger partial charge in [0.25, 0.3) is 5.91 Å². The van der Waals surface area contributed by atoms with E-state index < -0.39 is 23.4 Å². The first-order valence-electron chi connectivity index (χ1n) is 10.4. The van der Waals surface area contributed by atoms with Crippen LogP contribution in [0.25, 0.3) is 0 Å². The summed E-state index contributed by atoms with van der Waals surface area (Å²) in [4.78, 5) is 40.8. The maximum atomic E-state index is 13.3. The number of nitrogens with one attached hydrogen (secondary N) is 2. The van der Waals surface area contributed by atoms with Crippen LogP contribution < -0.4 is 20.1 Å². The number of imide groups is 1. The smallest absolute Gasteiger partial charge is 0.325 e. The van der Waals surface area contributed by atoms with Crippen LogP contribution in [0.5, 0.6) is 11.5 Å². The zero-order valence-corrected chi connectivity index (χ0v) is 18.6. The first-order chi connectivity index (χ1) is 16.0. The van der Waals surface area contributed by atoms with E-state index in [0.29, 0.717) is 17.1 Å². The molecular formula is C24H21N3O5S. The molecule has 3 aromatic rings. The molecule has 0 bridgehead atoms. The van der Waals surface area contributed by atoms with Gasteiger partial charge >= 0.3 is 6.03 Å². The maximum Gasteiger partial charge on any atom is 0.325 e. The van der Waals surface area contributed by atoms with Crippen LogP contribution in [-0.4, -0.2) is 36.1 Å². The number of carbonyl (C=O) groups excluding carboxylic acids is 3. The van der Waals surface area contributed by atoms with Crippen LogP contribution in [0.1, 0.15) is 29.0 Å². The lowest BCUT2D eigenvalue weighted by atomic mass is 9.91. The zero-order valence-electron chi connectivity index (χ0n) is 17.7. The SMILES string of the molecule is C[C@]1(c2ccc3c(c2)OCO3)NC(=O)N(CC(=O)N[C@H](c2ccccc2)c2cccs2)C1=O. The standard InChI is InChI=1S/C24H21N3O5S/c1-24(16-9-10-17-18(12-16)32-14-31-17)22(29)27(23(30)26-24)13-20(28)25-21(19-8-5-11-33-19)15-6-3-2-4-7-15/h2-12,21H,13-14H2,1H3,(H,25,28)(H,26,30)/t21-,24-/m1/s1. The Hall–Kier alpha value is -3.85. The molecule has 0 saturated carbocycles. The van der Waals surface area contributed by atoms with Crippen molar-refractivity contribution in [1.82, 2.24) is 15.5 Å². The fourth-order valence-corrected chi connectivity index (χ4v) is 4.82. The largest absolute Gasteiger partial charge is 0.454 e. The van der Waals surface area contributed by atoms with Crippen molar-refractivity contribution in [3.05, 3.63) is 82.0 Å². The summed E-state index contributed by atoms with van der Waals surface area (Å²) in [7, 11) is 0. The predicted molar refractivity (Wildman–Crippen MR) is 121 cm³/mol. The summed E-state index contributed by atoms with van der Waals surface area (Å²) < 4.78 is 10.7. The molecule has 2 N–H and O–H groups in total. The molecule has 168 valence electrons. The van der Waals surface area contributed by atoms with Gasteiger partial charge in [-0.05, 0) is 41.6 Å². The van der Waals surface area contributed by atoms with Crippen LogP contribution in [0.3, 0.4) is 0 Å². The van der Waals surface area contributed by atoms with E-state index in [1.807, 2.05) is 47.8 Å². The molecule has 0 unspecified atom stereocenters. The van der Waals surface area contributed by atoms with Crippen LogP contribution >= 0.6 is 11.3 Å². The van der Waals surface area contributed by atoms with Crippen molar-refractivity contribution in [1.29, 1.82) is 0 Å². The summed E-state index contributed by atoms with van der Waals surface area (Å²) in [6, 6.07) is 17.5. The second-order valence-corrected chi connectivity index (χ2v) is 8.92. The van der Waals surface area contributed by atoms with Gasteiger partial charge in [-0.15, -0.1) is 11.3 Å². The van der Waals surface area contributed by atoms with Gasteiger partial charge in [-0.2, -0.15) is 0 Å². The van der Waals surface area contributed by atoms with Crippen LogP contribution in [0.2, 0.25) is 0 Å². The molecule has 3 heterocycles. The van der Waals surface area contributed by atoms with Crippen LogP contribution in [-0.2, 0) is 15.1 Å². The Morgan fingerprint density at radius 2 is 1.91 bits per heavy atom. The summed E-state index contributed by atoms with van der Waals surface area (Å²) in [5.41, 5.74) is 0.148. The summed E-state index contributed by atoms with van der Waals surface area (Å²) in [6.45, 7) is 1.33. The van der Waals surface area contributed by atoms with Crippen molar-refractivity contribution in [2.75, 3.05) is 13.3 Å². The molecule has 1 fully saturated rings. The quantitative estimate of drug-likeness (QED) is 0.548. The van der Waals surface area contributed by atoms with Gasteiger partial charge in [0.2, 0.25) is 12.7 Å². The van der Waals surface area contributed by atoms with E-state index in [1.54, 1.807) is 25.1 Å². The molecule has 0 spiro atoms. The normalized spacial score (nSPS) is 20.0. The fourth-order valence-electron chi connectivity index (χ4n) is 4.01. The van der Waals surface area contributed by atoms with E-state index in [9.17, 15) is 14.4 Å². The third-order valence-electron chi connectivity index (χ3n) is 5.79. The molecule has 5 rings (SSSR count). The monoisotopic (exact) mass is 463 g/mol. The van der Waals surface area contributed by atoms with Crippen molar-refractivity contribution in [2.24, 2.45) is 0 Å². The van der Waals surface area contributed by atoms with Gasteiger partial charge in [-0.3, -0.25) is 14.5 Å². The van der Waals surface area contributed by atoms with Crippen molar-refractivity contribution >= 4 is 29.2 Å². The number of carbonyl (C=O) groups is 3. The van der Waals surface area contributed by atoms with Gasteiger partial charge in [0.1, 0.15) is 12.1 Å². The van der Waals surface area contributed by atoms with Crippen molar-refractivity contribution < 1.29 is 23.9 Å². The van der Waals surface area contributed by atoms with Gasteiger partial charge in [-0.1, -0.05) is 42.5 Å². The number of ether oxygens (including phenoxy) is 2. The molecule has 2 aromatic carbocycles. The molecule has 1 saturated heterocycles. The minimum absolute atomic E-state index is 0.106. The lowest BCUT2D eigenvalue weighted by Crippen LogP contribution is -2.44. The number of hydrogen-bond donors (Lipinski definition) is 2. The lowest BCUT2D eigenvalue weighted by Gasteiger charge is -2.23. The number of benzene rings is 2. The van der Waals surface area contributed by atoms with Crippen LogP contribution in [0, 0.1) is 0 Å². The first kappa shape index (κ1) is 21.0. The lowest BCUT2D eigenvalue weighted by molar-refractivity contribution is -0.135. The molecule has 0 radical (unpaired) electrons. The van der Waals surface area contributed by atoms with Crippen molar-refractivity contribution in [3.8, 4) is 11.5 Å². The van der Waals surface area contributed by atoms with Gasteiger partial charge in [0.05, 0.1) is 6.04 Å². The number of amides is 4. The summed E-state index contributed by atoms with van der Waals surface area (Å²) in [5.74, 6) is 0.147. The highest BCUT2D eigenvalue weighted by Gasteiger charge is 2.50. The average Bonchev–Trinajstić information content (AvgIpc) is 3.56. The number of rotatable bonds is 6. The third kappa shape index (κ3) is 3.80. The van der Waals surface area contributed by atoms with E-state index in [4.69, 9.17) is 9.47 Å². The van der Waals surface area contributed by atoms with Crippen LogP contribution in [0.15, 0.2) is 66.0 Å². The van der Waals surface area contributed by atoms with E-state index in [-0.39, 0.29) is 19.4 Å². The molecule has 33 heavy (non-hydrogen) atoms. The van der Waals surface area contributed by atoms with Gasteiger partial charge < -0.3 is 20.1 Å². The van der Waals surface area contributed by atoms with E-state index >= 15 is 0 Å². The molecule has 8 nitrogen and oxygen atoms in total. The Morgan fingerprint density at radius 3 is 2.67 bits per heavy atom. The minimum atomic E-state index is -1.31. The van der Waals surface area contributed by atoms with E-state index in [2.05, 4.69) is 10.6 Å². The number of nitrogens with zero attached hydrogens (tertiary/aromatic N) is 1. The molecule has 9 heteroatoms. The van der Waals surface area contributed by atoms with Crippen LogP contribution in [0.4, 0.5) is 4.79 Å². The third-order valence-corrected chi connectivity index (χ3v) is 6.73. The second kappa shape index (κ2) is 8.25. The number of hydrogen-bond acceptors (Lipinski definition) is 6. The average molecular weight is 464 g/mol. The Kier molecular flexibility index (Phi) is 5.26. The number of thiophene rings is 1. The number of urea groups is 1. The summed E-state index contributed by atoms with van der Waals surface area (Å²) in [6.07, 6.45) is 0. The molecular weight excluding hydrogens is 442 g/mol. The Labute approximate surface area is 194 Å². The van der Waals surface area contributed by atoms with E-state index in [1.165, 1.54) is 11.3 Å². The topological polar surface area (TPSA) is 97.0 Å². The second-order valence-electron chi connectivity index (χ2n) is 7.94. The fraction of sp³-hybridized carbons (Fsp3) is 0.208. The highest BCUT2D eigenvalue weighted by Crippen LogP contribution is 2.37. The van der Waals surface area contributed by atoms with Crippen molar-refractivity contribution in [3.63, 3.8) is 0 Å². The molecule has 2 aliphatic rings. The Balaban J connectivity index is 1.34. The molecule has 0 aliphatic carbocycles. The molecule has 2 atom stereocenters. The first-order valence-corrected chi connectivity index (χ1v) is 11.3. The van der Waals surface area contributed by atoms with Gasteiger partial charge in [0.15, 0.2) is 11.5 Å². The molecule has 2 aliphatic heterocycles. The highest BCUT2D eigenvalue weighted by molar-refractivity contribution is 7.10. The number of fused-ring (bicyclic) bond motifs is 1. The Morgan fingerprint density at radius 1 is 1.12 bits per heavy atom. The summed E-state index contributed by atoms with van der Waals surface area (Å²) in [5, 5.41) is 7.62. The Bertz CT molecular complexity index is 1210. The van der Waals surface area contributed by atoms with E-state index in [0.717, 1.165) is 15.3 Å². The molecule has 4 amide bonds. The van der Waals surface area contributed by atoms with Gasteiger partial charge in [0, 0.05) is 4.88 Å². The minimum Gasteiger partial charge on any atom is -0.454 e. The van der Waals surface area contributed by atoms with Crippen molar-refractivity contribution in [2.45, 2.75) is 18.5 Å². The maximum absolute atomic E-state index is 13.3. The zero-order chi connectivity index (χ0) is 23.0. The molecule has 1 aromatic heterocycles. The summed E-state index contributed by atoms with van der Waals surface area (Å²) >= 11 is 1.52.